The molecule has 1 aromatic carbocycles. The van der Waals surface area contributed by atoms with E-state index in [2.05, 4.69) is 24.3 Å². The van der Waals surface area contributed by atoms with Gasteiger partial charge in [0.25, 0.3) is 0 Å². The number of carbonyl (C=O) groups excluding carboxylic acids is 1. The lowest BCUT2D eigenvalue weighted by Gasteiger charge is -2.28. The van der Waals surface area contributed by atoms with Crippen LogP contribution in [0.25, 0.3) is 10.2 Å². The first-order chi connectivity index (χ1) is 14.8. The van der Waals surface area contributed by atoms with Gasteiger partial charge in [-0.25, -0.2) is 9.97 Å². The molecule has 0 spiro atoms. The predicted octanol–water partition coefficient (Wildman–Crippen LogP) is 5.12. The van der Waals surface area contributed by atoms with Crippen molar-refractivity contribution in [1.29, 1.82) is 0 Å². The van der Waals surface area contributed by atoms with E-state index in [4.69, 9.17) is 9.97 Å². The van der Waals surface area contributed by atoms with Gasteiger partial charge in [0.1, 0.15) is 15.7 Å². The summed E-state index contributed by atoms with van der Waals surface area (Å²) >= 11 is 3.50. The van der Waals surface area contributed by atoms with Crippen molar-refractivity contribution in [2.45, 2.75) is 62.4 Å². The first-order valence-electron chi connectivity index (χ1n) is 11.1. The minimum absolute atomic E-state index is 0.221. The zero-order valence-electron chi connectivity index (χ0n) is 17.0. The van der Waals surface area contributed by atoms with Crippen molar-refractivity contribution in [2.75, 3.05) is 12.3 Å². The SMILES string of the molecule is O=C(CSc1nc(C2CC2)nc2sc3c(c12)CCCC3)N1CCc2ccccc2C1. The molecule has 2 aliphatic carbocycles. The molecule has 0 N–H and O–H groups in total. The second-order valence-electron chi connectivity index (χ2n) is 8.67. The van der Waals surface area contributed by atoms with E-state index in [1.54, 1.807) is 11.8 Å². The van der Waals surface area contributed by atoms with Crippen molar-refractivity contribution in [3.63, 3.8) is 0 Å². The third kappa shape index (κ3) is 3.44. The van der Waals surface area contributed by atoms with Crippen LogP contribution >= 0.6 is 23.1 Å². The first kappa shape index (κ1) is 18.8. The summed E-state index contributed by atoms with van der Waals surface area (Å²) < 4.78 is 0. The number of nitrogens with zero attached hydrogens (tertiary/aromatic N) is 3. The molecule has 30 heavy (non-hydrogen) atoms. The van der Waals surface area contributed by atoms with Gasteiger partial charge in [-0.05, 0) is 61.6 Å². The highest BCUT2D eigenvalue weighted by Crippen LogP contribution is 2.44. The van der Waals surface area contributed by atoms with E-state index in [1.807, 2.05) is 16.2 Å². The lowest BCUT2D eigenvalue weighted by molar-refractivity contribution is -0.129. The minimum atomic E-state index is 0.221. The molecule has 0 saturated heterocycles. The maximum atomic E-state index is 13.0. The van der Waals surface area contributed by atoms with Crippen molar-refractivity contribution in [3.8, 4) is 0 Å². The van der Waals surface area contributed by atoms with Gasteiger partial charge in [-0.1, -0.05) is 36.0 Å². The Morgan fingerprint density at radius 2 is 1.93 bits per heavy atom. The molecule has 0 radical (unpaired) electrons. The van der Waals surface area contributed by atoms with Crippen LogP contribution < -0.4 is 0 Å². The summed E-state index contributed by atoms with van der Waals surface area (Å²) in [6.07, 6.45) is 8.19. The average Bonchev–Trinajstić information content (AvgIpc) is 3.57. The lowest BCUT2D eigenvalue weighted by Crippen LogP contribution is -2.37. The molecule has 6 heteroatoms. The van der Waals surface area contributed by atoms with Gasteiger partial charge in [-0.15, -0.1) is 11.3 Å². The topological polar surface area (TPSA) is 46.1 Å². The lowest BCUT2D eigenvalue weighted by atomic mass is 9.97. The van der Waals surface area contributed by atoms with Crippen molar-refractivity contribution >= 4 is 39.2 Å². The summed E-state index contributed by atoms with van der Waals surface area (Å²) in [6.45, 7) is 1.55. The van der Waals surface area contributed by atoms with E-state index in [0.29, 0.717) is 11.7 Å². The zero-order chi connectivity index (χ0) is 20.1. The Bertz CT molecular complexity index is 1130. The molecule has 0 unspecified atom stereocenters. The molecule has 1 aliphatic heterocycles. The van der Waals surface area contributed by atoms with Gasteiger partial charge >= 0.3 is 0 Å². The number of fused-ring (bicyclic) bond motifs is 4. The number of benzene rings is 1. The quantitative estimate of drug-likeness (QED) is 0.421. The fourth-order valence-corrected chi connectivity index (χ4v) is 7.00. The van der Waals surface area contributed by atoms with Gasteiger partial charge in [0, 0.05) is 29.3 Å². The zero-order valence-corrected chi connectivity index (χ0v) is 18.7. The van der Waals surface area contributed by atoms with Crippen molar-refractivity contribution < 1.29 is 4.79 Å². The third-order valence-corrected chi connectivity index (χ3v) is 8.70. The smallest absolute Gasteiger partial charge is 0.233 e. The number of amides is 1. The molecule has 4 nitrogen and oxygen atoms in total. The van der Waals surface area contributed by atoms with E-state index in [0.717, 1.165) is 41.6 Å². The van der Waals surface area contributed by atoms with Crippen LogP contribution in [0.15, 0.2) is 29.3 Å². The highest BCUT2D eigenvalue weighted by molar-refractivity contribution is 8.00. The van der Waals surface area contributed by atoms with E-state index < -0.39 is 0 Å². The molecule has 0 bridgehead atoms. The van der Waals surface area contributed by atoms with Crippen LogP contribution in [0.5, 0.6) is 0 Å². The number of aryl methyl sites for hydroxylation is 2. The summed E-state index contributed by atoms with van der Waals surface area (Å²) in [7, 11) is 0. The van der Waals surface area contributed by atoms with Crippen LogP contribution in [0.1, 0.15) is 59.0 Å². The first-order valence-corrected chi connectivity index (χ1v) is 12.9. The summed E-state index contributed by atoms with van der Waals surface area (Å²) in [5, 5.41) is 2.30. The van der Waals surface area contributed by atoms with Gasteiger partial charge in [-0.2, -0.15) is 0 Å². The van der Waals surface area contributed by atoms with Gasteiger partial charge in [0.15, 0.2) is 0 Å². The molecule has 1 amide bonds. The fraction of sp³-hybridized carbons (Fsp3) is 0.458. The average molecular weight is 436 g/mol. The minimum Gasteiger partial charge on any atom is -0.337 e. The summed E-state index contributed by atoms with van der Waals surface area (Å²) in [5.41, 5.74) is 4.13. The summed E-state index contributed by atoms with van der Waals surface area (Å²) in [4.78, 5) is 27.6. The molecular weight excluding hydrogens is 410 g/mol. The Kier molecular flexibility index (Phi) is 4.80. The van der Waals surface area contributed by atoms with Gasteiger partial charge in [0.05, 0.1) is 5.75 Å². The molecule has 3 heterocycles. The second kappa shape index (κ2) is 7.65. The Balaban J connectivity index is 1.26. The Morgan fingerprint density at radius 1 is 1.10 bits per heavy atom. The molecule has 154 valence electrons. The second-order valence-corrected chi connectivity index (χ2v) is 10.7. The molecule has 2 aromatic heterocycles. The number of carbonyl (C=O) groups is 1. The number of rotatable bonds is 4. The third-order valence-electron chi connectivity index (χ3n) is 6.56. The summed E-state index contributed by atoms with van der Waals surface area (Å²) in [6, 6.07) is 8.49. The molecule has 1 fully saturated rings. The Morgan fingerprint density at radius 3 is 2.80 bits per heavy atom. The largest absolute Gasteiger partial charge is 0.337 e. The van der Waals surface area contributed by atoms with Crippen LogP contribution in [-0.2, 0) is 30.6 Å². The number of thioether (sulfide) groups is 1. The van der Waals surface area contributed by atoms with Crippen LogP contribution in [0.2, 0.25) is 0 Å². The van der Waals surface area contributed by atoms with Crippen LogP contribution in [0.3, 0.4) is 0 Å². The normalized spacial score (nSPS) is 18.3. The highest BCUT2D eigenvalue weighted by atomic mass is 32.2. The predicted molar refractivity (Wildman–Crippen MR) is 122 cm³/mol. The van der Waals surface area contributed by atoms with Crippen LogP contribution in [0, 0.1) is 0 Å². The van der Waals surface area contributed by atoms with Crippen LogP contribution in [-0.4, -0.2) is 33.1 Å². The number of thiophene rings is 1. The van der Waals surface area contributed by atoms with Crippen molar-refractivity contribution in [3.05, 3.63) is 51.7 Å². The fourth-order valence-electron chi connectivity index (χ4n) is 4.70. The van der Waals surface area contributed by atoms with Crippen molar-refractivity contribution in [2.24, 2.45) is 0 Å². The number of hydrogen-bond acceptors (Lipinski definition) is 5. The number of hydrogen-bond donors (Lipinski definition) is 0. The van der Waals surface area contributed by atoms with E-state index in [-0.39, 0.29) is 5.91 Å². The van der Waals surface area contributed by atoms with Gasteiger partial charge in [0.2, 0.25) is 5.91 Å². The molecule has 3 aromatic rings. The number of aromatic nitrogens is 2. The van der Waals surface area contributed by atoms with Crippen LogP contribution in [0.4, 0.5) is 0 Å². The van der Waals surface area contributed by atoms with Crippen molar-refractivity contribution in [1.82, 2.24) is 14.9 Å². The molecule has 6 rings (SSSR count). The Hall–Kier alpha value is -1.92. The monoisotopic (exact) mass is 435 g/mol. The van der Waals surface area contributed by atoms with Gasteiger partial charge in [-0.3, -0.25) is 4.79 Å². The molecule has 1 saturated carbocycles. The van der Waals surface area contributed by atoms with E-state index in [9.17, 15) is 4.79 Å². The standard InChI is InChI=1S/C24H25N3OS2/c28-20(27-12-11-15-5-1-2-6-17(15)13-27)14-29-23-21-18-7-3-4-8-19(18)30-24(21)26-22(25-23)16-9-10-16/h1-2,5-6,16H,3-4,7-14H2. The van der Waals surface area contributed by atoms with E-state index in [1.165, 1.54) is 59.1 Å². The Labute approximate surface area is 185 Å². The highest BCUT2D eigenvalue weighted by Gasteiger charge is 2.30. The maximum absolute atomic E-state index is 13.0. The maximum Gasteiger partial charge on any atom is 0.233 e. The molecular formula is C24H25N3OS2. The van der Waals surface area contributed by atoms with E-state index >= 15 is 0 Å². The molecule has 0 atom stereocenters. The summed E-state index contributed by atoms with van der Waals surface area (Å²) in [5.74, 6) is 2.21. The van der Waals surface area contributed by atoms with Gasteiger partial charge < -0.3 is 4.90 Å². The molecule has 3 aliphatic rings.